The molecule has 10 rings (SSSR count). The van der Waals surface area contributed by atoms with E-state index in [0.717, 1.165) is 17.9 Å². The number of benzene rings is 8. The summed E-state index contributed by atoms with van der Waals surface area (Å²) in [5.41, 5.74) is 17.4. The monoisotopic (exact) mass is 652 g/mol. The third-order valence-electron chi connectivity index (χ3n) is 11.3. The molecule has 0 saturated carbocycles. The Balaban J connectivity index is 1.06. The van der Waals surface area contributed by atoms with Crippen molar-refractivity contribution >= 4 is 45.3 Å². The molecule has 0 aromatic heterocycles. The first-order valence-corrected chi connectivity index (χ1v) is 17.8. The second-order valence-electron chi connectivity index (χ2n) is 14.5. The summed E-state index contributed by atoms with van der Waals surface area (Å²) in [6, 6.07) is 58.2. The Bertz CT molecular complexity index is 2730. The minimum Gasteiger partial charge on any atom is -0.335 e. The first-order chi connectivity index (χ1) is 25.0. The van der Waals surface area contributed by atoms with E-state index in [1.54, 1.807) is 0 Å². The Morgan fingerprint density at radius 2 is 1.14 bits per heavy atom. The normalized spacial score (nSPS) is 13.8. The van der Waals surface area contributed by atoms with Crippen molar-refractivity contribution in [2.45, 2.75) is 25.8 Å². The van der Waals surface area contributed by atoms with Crippen molar-refractivity contribution in [3.63, 3.8) is 0 Å². The van der Waals surface area contributed by atoms with Crippen LogP contribution in [0.2, 0.25) is 0 Å². The van der Waals surface area contributed by atoms with Crippen molar-refractivity contribution in [3.8, 4) is 44.5 Å². The molecule has 2 nitrogen and oxygen atoms in total. The van der Waals surface area contributed by atoms with Gasteiger partial charge in [0, 0.05) is 23.2 Å². The van der Waals surface area contributed by atoms with Gasteiger partial charge in [0.05, 0.1) is 11.4 Å². The highest BCUT2D eigenvalue weighted by Gasteiger charge is 2.35. The van der Waals surface area contributed by atoms with Crippen molar-refractivity contribution in [1.29, 1.82) is 0 Å². The minimum absolute atomic E-state index is 0.0156. The lowest BCUT2D eigenvalue weighted by molar-refractivity contribution is 0.660. The average Bonchev–Trinajstić information content (AvgIpc) is 3.42. The number of anilines is 2. The van der Waals surface area contributed by atoms with Gasteiger partial charge in [0.25, 0.3) is 0 Å². The molecule has 2 aliphatic rings. The maximum Gasteiger partial charge on any atom is 0.0859 e. The number of nitrogens with zero attached hydrogens (tertiary/aromatic N) is 2. The lowest BCUT2D eigenvalue weighted by Crippen LogP contribution is -2.21. The topological polar surface area (TPSA) is 15.6 Å². The van der Waals surface area contributed by atoms with Crippen LogP contribution in [0.3, 0.4) is 0 Å². The van der Waals surface area contributed by atoms with Gasteiger partial charge in [0.15, 0.2) is 0 Å². The highest BCUT2D eigenvalue weighted by Crippen LogP contribution is 2.51. The van der Waals surface area contributed by atoms with E-state index in [0.29, 0.717) is 0 Å². The molecule has 51 heavy (non-hydrogen) atoms. The third kappa shape index (κ3) is 4.53. The molecule has 0 radical (unpaired) electrons. The van der Waals surface area contributed by atoms with Gasteiger partial charge in [-0.2, -0.15) is 0 Å². The summed E-state index contributed by atoms with van der Waals surface area (Å²) in [5, 5.41) is 5.02. The highest BCUT2D eigenvalue weighted by atomic mass is 15.2. The molecule has 0 fully saturated rings. The molecule has 0 unspecified atom stereocenters. The molecule has 8 aromatic carbocycles. The Hall–Kier alpha value is -6.25. The van der Waals surface area contributed by atoms with Gasteiger partial charge < -0.3 is 4.90 Å². The number of rotatable bonds is 4. The summed E-state index contributed by atoms with van der Waals surface area (Å²) in [6.45, 7) is 9.34. The maximum absolute atomic E-state index is 4.38. The Morgan fingerprint density at radius 1 is 0.510 bits per heavy atom. The zero-order chi connectivity index (χ0) is 34.3. The van der Waals surface area contributed by atoms with Crippen LogP contribution < -0.4 is 4.90 Å². The van der Waals surface area contributed by atoms with E-state index in [2.05, 4.69) is 176 Å². The van der Waals surface area contributed by atoms with Crippen LogP contribution >= 0.6 is 0 Å². The average molecular weight is 653 g/mol. The fourth-order valence-electron chi connectivity index (χ4n) is 8.70. The molecule has 1 heterocycles. The molecular weight excluding hydrogens is 617 g/mol. The van der Waals surface area contributed by atoms with Crippen LogP contribution in [0.4, 0.5) is 17.1 Å². The maximum atomic E-state index is 4.38. The number of aliphatic imine (C=N–C) groups is 1. The van der Waals surface area contributed by atoms with Gasteiger partial charge in [-0.1, -0.05) is 129 Å². The zero-order valence-electron chi connectivity index (χ0n) is 28.8. The van der Waals surface area contributed by atoms with Gasteiger partial charge in [0.1, 0.15) is 0 Å². The molecule has 0 saturated heterocycles. The van der Waals surface area contributed by atoms with Crippen molar-refractivity contribution in [2.75, 3.05) is 4.90 Å². The summed E-state index contributed by atoms with van der Waals surface area (Å²) in [5.74, 6) is 0. The zero-order valence-corrected chi connectivity index (χ0v) is 28.8. The molecule has 0 atom stereocenters. The molecular formula is C49H36N2. The quantitative estimate of drug-likeness (QED) is 0.173. The van der Waals surface area contributed by atoms with E-state index in [9.17, 15) is 0 Å². The van der Waals surface area contributed by atoms with Crippen LogP contribution in [-0.4, -0.2) is 6.72 Å². The van der Waals surface area contributed by atoms with E-state index in [1.165, 1.54) is 88.4 Å². The molecule has 0 bridgehead atoms. The van der Waals surface area contributed by atoms with Crippen LogP contribution in [-0.2, 0) is 12.0 Å². The Kier molecular flexibility index (Phi) is 6.47. The van der Waals surface area contributed by atoms with Gasteiger partial charge in [-0.05, 0) is 126 Å². The van der Waals surface area contributed by atoms with Gasteiger partial charge in [-0.3, -0.25) is 4.99 Å². The summed E-state index contributed by atoms with van der Waals surface area (Å²) in [4.78, 5) is 6.77. The number of hydrogen-bond donors (Lipinski definition) is 0. The van der Waals surface area contributed by atoms with Crippen LogP contribution in [0.15, 0.2) is 163 Å². The summed E-state index contributed by atoms with van der Waals surface area (Å²) in [7, 11) is 0. The minimum atomic E-state index is -0.0156. The number of para-hydroxylation sites is 2. The molecule has 8 aromatic rings. The van der Waals surface area contributed by atoms with E-state index in [4.69, 9.17) is 0 Å². The first-order valence-electron chi connectivity index (χ1n) is 17.8. The van der Waals surface area contributed by atoms with E-state index < -0.39 is 0 Å². The smallest absolute Gasteiger partial charge is 0.0859 e. The standard InChI is InChI=1S/C49H36N2/c1-49(2)43-13-7-6-12-40(43)41-24-22-37(29-44(41)49)35-20-18-32-26-34(19-17-33(32)27-35)36-23-25-46-42(28-36)48-38(21-16-31-10-4-5-11-39(31)48)30-51(46)47-15-9-8-14-45(47)50-3/h4-29H,3,30H2,1-2H3. The summed E-state index contributed by atoms with van der Waals surface area (Å²) >= 11 is 0. The van der Waals surface area contributed by atoms with Gasteiger partial charge in [-0.25, -0.2) is 0 Å². The predicted molar refractivity (Wildman–Crippen MR) is 217 cm³/mol. The molecule has 0 N–H and O–H groups in total. The molecule has 0 spiro atoms. The van der Waals surface area contributed by atoms with Crippen LogP contribution in [0, 0.1) is 0 Å². The molecule has 1 aliphatic carbocycles. The molecule has 1 aliphatic heterocycles. The highest BCUT2D eigenvalue weighted by molar-refractivity contribution is 6.05. The largest absolute Gasteiger partial charge is 0.335 e. The van der Waals surface area contributed by atoms with Crippen LogP contribution in [0.5, 0.6) is 0 Å². The summed E-state index contributed by atoms with van der Waals surface area (Å²) in [6.07, 6.45) is 0. The molecule has 2 heteroatoms. The van der Waals surface area contributed by atoms with Gasteiger partial charge in [0.2, 0.25) is 0 Å². The van der Waals surface area contributed by atoms with Crippen molar-refractivity contribution < 1.29 is 0 Å². The number of fused-ring (bicyclic) bond motifs is 9. The third-order valence-corrected chi connectivity index (χ3v) is 11.3. The fourth-order valence-corrected chi connectivity index (χ4v) is 8.70. The van der Waals surface area contributed by atoms with Crippen LogP contribution in [0.25, 0.3) is 66.1 Å². The molecule has 242 valence electrons. The van der Waals surface area contributed by atoms with E-state index in [1.807, 2.05) is 12.1 Å². The SMILES string of the molecule is C=Nc1ccccc1N1Cc2ccc3ccccc3c2-c2cc(-c3ccc4cc(-c5ccc6c(c5)C(C)(C)c5ccccc5-6)ccc4c3)ccc21. The first kappa shape index (κ1) is 29.6. The Morgan fingerprint density at radius 3 is 1.96 bits per heavy atom. The lowest BCUT2D eigenvalue weighted by atomic mass is 9.81. The van der Waals surface area contributed by atoms with Crippen molar-refractivity contribution in [2.24, 2.45) is 4.99 Å². The predicted octanol–water partition coefficient (Wildman–Crippen LogP) is 13.3. The van der Waals surface area contributed by atoms with Crippen molar-refractivity contribution in [1.82, 2.24) is 0 Å². The van der Waals surface area contributed by atoms with E-state index in [-0.39, 0.29) is 5.41 Å². The van der Waals surface area contributed by atoms with Crippen molar-refractivity contribution in [3.05, 3.63) is 174 Å². The van der Waals surface area contributed by atoms with Gasteiger partial charge >= 0.3 is 0 Å². The summed E-state index contributed by atoms with van der Waals surface area (Å²) < 4.78 is 0. The molecule has 0 amide bonds. The number of hydrogen-bond acceptors (Lipinski definition) is 2. The van der Waals surface area contributed by atoms with Crippen LogP contribution in [0.1, 0.15) is 30.5 Å². The van der Waals surface area contributed by atoms with Gasteiger partial charge in [-0.15, -0.1) is 0 Å². The van der Waals surface area contributed by atoms with E-state index >= 15 is 0 Å². The second kappa shape index (κ2) is 11.1. The Labute approximate surface area is 299 Å². The second-order valence-corrected chi connectivity index (χ2v) is 14.5. The lowest BCUT2D eigenvalue weighted by Gasteiger charge is -2.34. The fraction of sp³-hybridized carbons (Fsp3) is 0.0816.